The van der Waals surface area contributed by atoms with Gasteiger partial charge in [-0.3, -0.25) is 4.79 Å². The molecule has 1 heterocycles. The van der Waals surface area contributed by atoms with Gasteiger partial charge in [0.05, 0.1) is 12.2 Å². The van der Waals surface area contributed by atoms with Crippen LogP contribution in [0.15, 0.2) is 0 Å². The Labute approximate surface area is 109 Å². The molecule has 0 spiro atoms. The SMILES string of the molecule is CC1CNCC1C(=O)NCC(C)(C)NS(C)(=O)=O. The summed E-state index contributed by atoms with van der Waals surface area (Å²) in [6.07, 6.45) is 1.11. The lowest BCUT2D eigenvalue weighted by atomic mass is 9.97. The lowest BCUT2D eigenvalue weighted by molar-refractivity contribution is -0.125. The summed E-state index contributed by atoms with van der Waals surface area (Å²) in [6, 6.07) is 0. The summed E-state index contributed by atoms with van der Waals surface area (Å²) in [5.74, 6) is 0.269. The van der Waals surface area contributed by atoms with Crippen LogP contribution in [0, 0.1) is 11.8 Å². The molecular formula is C11H23N3O3S. The van der Waals surface area contributed by atoms with E-state index in [4.69, 9.17) is 0 Å². The molecule has 3 N–H and O–H groups in total. The monoisotopic (exact) mass is 277 g/mol. The highest BCUT2D eigenvalue weighted by Crippen LogP contribution is 2.15. The fraction of sp³-hybridized carbons (Fsp3) is 0.909. The lowest BCUT2D eigenvalue weighted by Crippen LogP contribution is -2.52. The van der Waals surface area contributed by atoms with E-state index >= 15 is 0 Å². The van der Waals surface area contributed by atoms with E-state index in [1.165, 1.54) is 0 Å². The first-order valence-corrected chi connectivity index (χ1v) is 7.97. The van der Waals surface area contributed by atoms with Crippen molar-refractivity contribution in [2.45, 2.75) is 26.3 Å². The molecule has 106 valence electrons. The Balaban J connectivity index is 2.47. The van der Waals surface area contributed by atoms with Gasteiger partial charge in [-0.15, -0.1) is 0 Å². The molecule has 6 nitrogen and oxygen atoms in total. The van der Waals surface area contributed by atoms with Crippen LogP contribution in [0.2, 0.25) is 0 Å². The van der Waals surface area contributed by atoms with Crippen LogP contribution in [0.5, 0.6) is 0 Å². The smallest absolute Gasteiger partial charge is 0.224 e. The molecule has 0 saturated carbocycles. The van der Waals surface area contributed by atoms with Gasteiger partial charge >= 0.3 is 0 Å². The molecule has 0 radical (unpaired) electrons. The molecule has 18 heavy (non-hydrogen) atoms. The van der Waals surface area contributed by atoms with Gasteiger partial charge in [0.2, 0.25) is 15.9 Å². The van der Waals surface area contributed by atoms with E-state index in [-0.39, 0.29) is 18.4 Å². The minimum Gasteiger partial charge on any atom is -0.354 e. The number of amides is 1. The second-order valence-corrected chi connectivity index (χ2v) is 7.47. The van der Waals surface area contributed by atoms with Crippen LogP contribution >= 0.6 is 0 Å². The quantitative estimate of drug-likeness (QED) is 0.619. The molecule has 0 aliphatic carbocycles. The largest absolute Gasteiger partial charge is 0.354 e. The maximum atomic E-state index is 11.9. The van der Waals surface area contributed by atoms with Crippen molar-refractivity contribution in [1.82, 2.24) is 15.4 Å². The Morgan fingerprint density at radius 2 is 2.00 bits per heavy atom. The van der Waals surface area contributed by atoms with Crippen LogP contribution in [0.1, 0.15) is 20.8 Å². The molecule has 1 fully saturated rings. The van der Waals surface area contributed by atoms with E-state index in [2.05, 4.69) is 15.4 Å². The third-order valence-electron chi connectivity index (χ3n) is 3.02. The van der Waals surface area contributed by atoms with Crippen molar-refractivity contribution in [2.24, 2.45) is 11.8 Å². The van der Waals surface area contributed by atoms with Gasteiger partial charge in [-0.2, -0.15) is 0 Å². The third-order valence-corrected chi connectivity index (χ3v) is 3.94. The fourth-order valence-electron chi connectivity index (χ4n) is 2.14. The topological polar surface area (TPSA) is 87.3 Å². The van der Waals surface area contributed by atoms with Crippen LogP contribution in [-0.4, -0.2) is 45.8 Å². The molecule has 2 unspecified atom stereocenters. The number of sulfonamides is 1. The van der Waals surface area contributed by atoms with Crippen molar-refractivity contribution in [3.8, 4) is 0 Å². The molecule has 1 amide bonds. The summed E-state index contributed by atoms with van der Waals surface area (Å²) in [6.45, 7) is 7.33. The predicted molar refractivity (Wildman–Crippen MR) is 70.6 cm³/mol. The van der Waals surface area contributed by atoms with Crippen molar-refractivity contribution < 1.29 is 13.2 Å². The van der Waals surface area contributed by atoms with Gasteiger partial charge in [0.15, 0.2) is 0 Å². The first kappa shape index (κ1) is 15.4. The second-order valence-electron chi connectivity index (χ2n) is 5.72. The molecule has 2 atom stereocenters. The minimum absolute atomic E-state index is 0.0177. The van der Waals surface area contributed by atoms with Crippen LogP contribution < -0.4 is 15.4 Å². The number of hydrogen-bond donors (Lipinski definition) is 3. The highest BCUT2D eigenvalue weighted by Gasteiger charge is 2.31. The van der Waals surface area contributed by atoms with E-state index in [1.54, 1.807) is 13.8 Å². The molecule has 7 heteroatoms. The Bertz CT molecular complexity index is 406. The highest BCUT2D eigenvalue weighted by molar-refractivity contribution is 7.88. The first-order valence-electron chi connectivity index (χ1n) is 6.08. The van der Waals surface area contributed by atoms with Crippen molar-refractivity contribution in [3.63, 3.8) is 0 Å². The van der Waals surface area contributed by atoms with Crippen LogP contribution in [0.4, 0.5) is 0 Å². The number of nitrogens with one attached hydrogen (secondary N) is 3. The van der Waals surface area contributed by atoms with Crippen LogP contribution in [0.25, 0.3) is 0 Å². The summed E-state index contributed by atoms with van der Waals surface area (Å²) in [5.41, 5.74) is -0.682. The lowest BCUT2D eigenvalue weighted by Gasteiger charge is -2.26. The standard InChI is InChI=1S/C11H23N3O3S/c1-8-5-12-6-9(8)10(15)13-7-11(2,3)14-18(4,16)17/h8-9,12,14H,5-7H2,1-4H3,(H,13,15). The molecule has 1 aliphatic rings. The number of rotatable bonds is 5. The van der Waals surface area contributed by atoms with E-state index in [9.17, 15) is 13.2 Å². The zero-order chi connectivity index (χ0) is 14.0. The average molecular weight is 277 g/mol. The summed E-state index contributed by atoms with van der Waals surface area (Å²) < 4.78 is 24.8. The molecule has 1 saturated heterocycles. The van der Waals surface area contributed by atoms with Crippen molar-refractivity contribution in [3.05, 3.63) is 0 Å². The molecule has 1 rings (SSSR count). The maximum Gasteiger partial charge on any atom is 0.224 e. The van der Waals surface area contributed by atoms with E-state index in [0.29, 0.717) is 12.5 Å². The molecule has 0 aromatic carbocycles. The summed E-state index contributed by atoms with van der Waals surface area (Å²) in [4.78, 5) is 11.9. The molecular weight excluding hydrogens is 254 g/mol. The number of hydrogen-bond acceptors (Lipinski definition) is 4. The zero-order valence-corrected chi connectivity index (χ0v) is 12.2. The molecule has 0 bridgehead atoms. The summed E-state index contributed by atoms with van der Waals surface area (Å²) >= 11 is 0. The molecule has 0 aromatic rings. The van der Waals surface area contributed by atoms with Crippen LogP contribution in [-0.2, 0) is 14.8 Å². The highest BCUT2D eigenvalue weighted by atomic mass is 32.2. The van der Waals surface area contributed by atoms with Crippen molar-refractivity contribution >= 4 is 15.9 Å². The Morgan fingerprint density at radius 1 is 1.39 bits per heavy atom. The van der Waals surface area contributed by atoms with Gasteiger partial charge in [-0.1, -0.05) is 6.92 Å². The van der Waals surface area contributed by atoms with Crippen LogP contribution in [0.3, 0.4) is 0 Å². The van der Waals surface area contributed by atoms with E-state index < -0.39 is 15.6 Å². The molecule has 0 aromatic heterocycles. The Kier molecular flexibility index (Phi) is 4.74. The van der Waals surface area contributed by atoms with Gasteiger partial charge in [0.1, 0.15) is 0 Å². The second kappa shape index (κ2) is 5.54. The summed E-state index contributed by atoms with van der Waals surface area (Å²) in [5, 5.41) is 5.98. The van der Waals surface area contributed by atoms with Gasteiger partial charge in [-0.05, 0) is 26.3 Å². The summed E-state index contributed by atoms with van der Waals surface area (Å²) in [7, 11) is -3.27. The maximum absolute atomic E-state index is 11.9. The van der Waals surface area contributed by atoms with Gasteiger partial charge in [0.25, 0.3) is 0 Å². The third kappa shape index (κ3) is 4.91. The Morgan fingerprint density at radius 3 is 2.44 bits per heavy atom. The van der Waals surface area contributed by atoms with Gasteiger partial charge < -0.3 is 10.6 Å². The normalized spacial score (nSPS) is 25.1. The zero-order valence-electron chi connectivity index (χ0n) is 11.4. The number of carbonyl (C=O) groups is 1. The first-order chi connectivity index (χ1) is 8.11. The van der Waals surface area contributed by atoms with E-state index in [1.807, 2.05) is 6.92 Å². The predicted octanol–water partition coefficient (Wildman–Crippen LogP) is -0.714. The average Bonchev–Trinajstić information content (AvgIpc) is 2.57. The van der Waals surface area contributed by atoms with E-state index in [0.717, 1.165) is 12.8 Å². The van der Waals surface area contributed by atoms with Gasteiger partial charge in [-0.25, -0.2) is 13.1 Å². The molecule has 1 aliphatic heterocycles. The van der Waals surface area contributed by atoms with Gasteiger partial charge in [0, 0.05) is 18.6 Å². The fourth-order valence-corrected chi connectivity index (χ4v) is 3.21. The van der Waals surface area contributed by atoms with Crippen molar-refractivity contribution in [1.29, 1.82) is 0 Å². The Hall–Kier alpha value is -0.660. The minimum atomic E-state index is -3.27. The van der Waals surface area contributed by atoms with Crippen molar-refractivity contribution in [2.75, 3.05) is 25.9 Å². The number of carbonyl (C=O) groups excluding carboxylic acids is 1.